The normalized spacial score (nSPS) is 9.91. The number of nitrogens with zero attached hydrogens (tertiary/aromatic N) is 2. The maximum Gasteiger partial charge on any atom is 0.187 e. The lowest BCUT2D eigenvalue weighted by Crippen LogP contribution is -1.95. The van der Waals surface area contributed by atoms with E-state index in [0.29, 0.717) is 16.6 Å². The lowest BCUT2D eigenvalue weighted by molar-refractivity contribution is 0.416. The molecule has 4 nitrogen and oxygen atoms in total. The van der Waals surface area contributed by atoms with Crippen molar-refractivity contribution in [3.8, 4) is 17.0 Å². The first kappa shape index (κ1) is 16.4. The third-order valence-electron chi connectivity index (χ3n) is 2.86. The fourth-order valence-electron chi connectivity index (χ4n) is 1.87. The van der Waals surface area contributed by atoms with Crippen LogP contribution >= 0.6 is 28.3 Å². The first-order valence-electron chi connectivity index (χ1n) is 6.23. The molecule has 0 atom stereocenters. The van der Waals surface area contributed by atoms with Crippen LogP contribution in [0.3, 0.4) is 0 Å². The minimum atomic E-state index is -0.331. The van der Waals surface area contributed by atoms with Crippen LogP contribution in [0, 0.1) is 5.82 Å². The minimum absolute atomic E-state index is 0. The standard InChI is InChI=1S/C15H12FN3OS.BrH/c1-20-14-5-4-11(16)7-12(14)18-15-19-13(9-21-15)10-3-2-6-17-8-10;/h2-9H,1H3,(H,18,19);1H. The number of rotatable bonds is 4. The molecule has 0 spiro atoms. The Bertz CT molecular complexity index is 752. The smallest absolute Gasteiger partial charge is 0.187 e. The summed E-state index contributed by atoms with van der Waals surface area (Å²) in [7, 11) is 1.54. The summed E-state index contributed by atoms with van der Waals surface area (Å²) in [5.41, 5.74) is 2.31. The van der Waals surface area contributed by atoms with Gasteiger partial charge in [0.05, 0.1) is 18.5 Å². The Labute approximate surface area is 141 Å². The van der Waals surface area contributed by atoms with Crippen molar-refractivity contribution in [2.45, 2.75) is 0 Å². The van der Waals surface area contributed by atoms with Crippen LogP contribution in [-0.4, -0.2) is 17.1 Å². The highest BCUT2D eigenvalue weighted by Crippen LogP contribution is 2.31. The van der Waals surface area contributed by atoms with Crippen LogP contribution in [0.15, 0.2) is 48.1 Å². The number of nitrogens with one attached hydrogen (secondary N) is 1. The number of aromatic nitrogens is 2. The Morgan fingerprint density at radius 3 is 2.86 bits per heavy atom. The zero-order valence-electron chi connectivity index (χ0n) is 11.6. The molecule has 0 aliphatic carbocycles. The molecule has 22 heavy (non-hydrogen) atoms. The Kier molecular flexibility index (Phi) is 5.46. The number of ether oxygens (including phenoxy) is 1. The van der Waals surface area contributed by atoms with Gasteiger partial charge in [0.15, 0.2) is 5.13 Å². The number of hydrogen-bond donors (Lipinski definition) is 1. The van der Waals surface area contributed by atoms with Crippen LogP contribution in [0.1, 0.15) is 0 Å². The van der Waals surface area contributed by atoms with Crippen molar-refractivity contribution < 1.29 is 9.13 Å². The fraction of sp³-hybridized carbons (Fsp3) is 0.0667. The van der Waals surface area contributed by atoms with Gasteiger partial charge in [-0.2, -0.15) is 0 Å². The van der Waals surface area contributed by atoms with E-state index in [2.05, 4.69) is 15.3 Å². The van der Waals surface area contributed by atoms with Gasteiger partial charge in [-0.15, -0.1) is 28.3 Å². The molecule has 2 aromatic heterocycles. The van der Waals surface area contributed by atoms with Crippen LogP contribution in [0.2, 0.25) is 0 Å². The monoisotopic (exact) mass is 381 g/mol. The maximum absolute atomic E-state index is 13.3. The van der Waals surface area contributed by atoms with E-state index in [9.17, 15) is 4.39 Å². The summed E-state index contributed by atoms with van der Waals surface area (Å²) in [6.07, 6.45) is 3.47. The van der Waals surface area contributed by atoms with Gasteiger partial charge in [-0.25, -0.2) is 9.37 Å². The first-order valence-corrected chi connectivity index (χ1v) is 7.11. The Morgan fingerprint density at radius 1 is 1.27 bits per heavy atom. The van der Waals surface area contributed by atoms with E-state index in [0.717, 1.165) is 11.3 Å². The molecular formula is C15H13BrFN3OS. The largest absolute Gasteiger partial charge is 0.495 e. The molecule has 7 heteroatoms. The summed E-state index contributed by atoms with van der Waals surface area (Å²) in [4.78, 5) is 8.54. The van der Waals surface area contributed by atoms with Crippen LogP contribution < -0.4 is 10.1 Å². The second kappa shape index (κ2) is 7.33. The molecule has 0 amide bonds. The van der Waals surface area contributed by atoms with Crippen LogP contribution in [0.5, 0.6) is 5.75 Å². The summed E-state index contributed by atoms with van der Waals surface area (Å²) in [5, 5.41) is 5.66. The predicted molar refractivity (Wildman–Crippen MR) is 91.9 cm³/mol. The average molecular weight is 382 g/mol. The summed E-state index contributed by atoms with van der Waals surface area (Å²) < 4.78 is 18.5. The topological polar surface area (TPSA) is 47.0 Å². The van der Waals surface area contributed by atoms with Gasteiger partial charge in [-0.05, 0) is 24.3 Å². The maximum atomic E-state index is 13.3. The zero-order chi connectivity index (χ0) is 14.7. The Hall–Kier alpha value is -1.99. The highest BCUT2D eigenvalue weighted by Gasteiger charge is 2.09. The van der Waals surface area contributed by atoms with Crippen molar-refractivity contribution in [2.75, 3.05) is 12.4 Å². The molecular weight excluding hydrogens is 369 g/mol. The average Bonchev–Trinajstić information content (AvgIpc) is 2.97. The second-order valence-corrected chi connectivity index (χ2v) is 5.11. The molecule has 1 aromatic carbocycles. The number of pyridine rings is 1. The van der Waals surface area contributed by atoms with Crippen molar-refractivity contribution in [3.05, 3.63) is 53.9 Å². The third-order valence-corrected chi connectivity index (χ3v) is 3.62. The molecule has 0 saturated heterocycles. The van der Waals surface area contributed by atoms with Gasteiger partial charge in [-0.3, -0.25) is 4.98 Å². The van der Waals surface area contributed by atoms with Gasteiger partial charge >= 0.3 is 0 Å². The molecule has 0 aliphatic heterocycles. The van der Waals surface area contributed by atoms with E-state index in [-0.39, 0.29) is 22.8 Å². The molecule has 3 aromatic rings. The van der Waals surface area contributed by atoms with E-state index in [1.54, 1.807) is 25.6 Å². The number of methoxy groups -OCH3 is 1. The lowest BCUT2D eigenvalue weighted by atomic mass is 10.2. The highest BCUT2D eigenvalue weighted by molar-refractivity contribution is 8.93. The van der Waals surface area contributed by atoms with Gasteiger partial charge < -0.3 is 10.1 Å². The Balaban J connectivity index is 0.00000176. The molecule has 0 saturated carbocycles. The zero-order valence-corrected chi connectivity index (χ0v) is 14.1. The van der Waals surface area contributed by atoms with E-state index in [1.165, 1.54) is 23.5 Å². The number of benzene rings is 1. The number of hydrogen-bond acceptors (Lipinski definition) is 5. The molecule has 0 unspecified atom stereocenters. The lowest BCUT2D eigenvalue weighted by Gasteiger charge is -2.08. The third kappa shape index (κ3) is 3.61. The highest BCUT2D eigenvalue weighted by atomic mass is 79.9. The molecule has 0 bridgehead atoms. The first-order chi connectivity index (χ1) is 10.3. The van der Waals surface area contributed by atoms with Crippen molar-refractivity contribution in [1.82, 2.24) is 9.97 Å². The van der Waals surface area contributed by atoms with Crippen molar-refractivity contribution in [3.63, 3.8) is 0 Å². The van der Waals surface area contributed by atoms with Crippen LogP contribution in [0.25, 0.3) is 11.3 Å². The van der Waals surface area contributed by atoms with E-state index >= 15 is 0 Å². The molecule has 0 aliphatic rings. The molecule has 0 fully saturated rings. The number of anilines is 2. The summed E-state index contributed by atoms with van der Waals surface area (Å²) in [5.74, 6) is 0.233. The van der Waals surface area contributed by atoms with Crippen molar-refractivity contribution >= 4 is 39.1 Å². The summed E-state index contributed by atoms with van der Waals surface area (Å²) >= 11 is 1.44. The summed E-state index contributed by atoms with van der Waals surface area (Å²) in [6, 6.07) is 8.11. The van der Waals surface area contributed by atoms with Gasteiger partial charge in [-0.1, -0.05) is 0 Å². The number of halogens is 2. The molecule has 3 rings (SSSR count). The number of thiazole rings is 1. The molecule has 114 valence electrons. The van der Waals surface area contributed by atoms with E-state index in [1.807, 2.05) is 17.5 Å². The summed E-state index contributed by atoms with van der Waals surface area (Å²) in [6.45, 7) is 0. The predicted octanol–water partition coefficient (Wildman–Crippen LogP) is 4.67. The second-order valence-electron chi connectivity index (χ2n) is 4.25. The quantitative estimate of drug-likeness (QED) is 0.712. The van der Waals surface area contributed by atoms with Crippen molar-refractivity contribution in [2.24, 2.45) is 0 Å². The minimum Gasteiger partial charge on any atom is -0.495 e. The molecule has 0 radical (unpaired) electrons. The van der Waals surface area contributed by atoms with Gasteiger partial charge in [0.2, 0.25) is 0 Å². The van der Waals surface area contributed by atoms with Crippen molar-refractivity contribution in [1.29, 1.82) is 0 Å². The van der Waals surface area contributed by atoms with Crippen LogP contribution in [-0.2, 0) is 0 Å². The SMILES string of the molecule is Br.COc1ccc(F)cc1Nc1nc(-c2cccnc2)cs1. The van der Waals surface area contributed by atoms with E-state index < -0.39 is 0 Å². The van der Waals surface area contributed by atoms with Gasteiger partial charge in [0.1, 0.15) is 11.6 Å². The fourth-order valence-corrected chi connectivity index (χ4v) is 2.60. The van der Waals surface area contributed by atoms with Gasteiger partial charge in [0, 0.05) is 29.4 Å². The Morgan fingerprint density at radius 2 is 2.14 bits per heavy atom. The van der Waals surface area contributed by atoms with E-state index in [4.69, 9.17) is 4.74 Å². The molecule has 1 N–H and O–H groups in total. The van der Waals surface area contributed by atoms with Crippen LogP contribution in [0.4, 0.5) is 15.2 Å². The van der Waals surface area contributed by atoms with Gasteiger partial charge in [0.25, 0.3) is 0 Å². The molecule has 2 heterocycles.